The molecular weight excluding hydrogens is 268 g/mol. The zero-order valence-electron chi connectivity index (χ0n) is 12.5. The van der Waals surface area contributed by atoms with Crippen molar-refractivity contribution in [2.24, 2.45) is 5.92 Å². The molecule has 114 valence electrons. The molecule has 1 fully saturated rings. The fourth-order valence-electron chi connectivity index (χ4n) is 2.43. The number of aliphatic carboxylic acids is 1. The van der Waals surface area contributed by atoms with E-state index in [1.165, 1.54) is 12.8 Å². The van der Waals surface area contributed by atoms with Crippen LogP contribution in [0.5, 0.6) is 0 Å². The lowest BCUT2D eigenvalue weighted by Crippen LogP contribution is -2.45. The van der Waals surface area contributed by atoms with Crippen LogP contribution in [0.25, 0.3) is 0 Å². The summed E-state index contributed by atoms with van der Waals surface area (Å²) in [7, 11) is 1.76. The Kier molecular flexibility index (Phi) is 4.83. The number of carboxylic acids is 1. The molecule has 5 heteroatoms. The number of carboxylic acid groups (broad SMARTS) is 1. The molecule has 0 radical (unpaired) electrons. The van der Waals surface area contributed by atoms with E-state index in [1.54, 1.807) is 36.2 Å². The summed E-state index contributed by atoms with van der Waals surface area (Å²) in [6.07, 6.45) is 2.33. The molecule has 2 N–H and O–H groups in total. The van der Waals surface area contributed by atoms with Gasteiger partial charge in [-0.2, -0.15) is 0 Å². The van der Waals surface area contributed by atoms with Crippen LogP contribution in [0.15, 0.2) is 30.3 Å². The molecule has 1 aromatic carbocycles. The summed E-state index contributed by atoms with van der Waals surface area (Å²) in [6, 6.07) is 8.96. The van der Waals surface area contributed by atoms with E-state index in [9.17, 15) is 14.7 Å². The SMILES string of the molecule is CC(C1CC1)N(C)C(=O)NCC(C(=O)O)c1ccccc1. The summed E-state index contributed by atoms with van der Waals surface area (Å²) in [4.78, 5) is 25.1. The highest BCUT2D eigenvalue weighted by atomic mass is 16.4. The molecule has 2 amide bonds. The van der Waals surface area contributed by atoms with Crippen LogP contribution in [0.4, 0.5) is 4.79 Å². The normalized spacial score (nSPS) is 16.9. The molecule has 1 aromatic rings. The van der Waals surface area contributed by atoms with E-state index < -0.39 is 11.9 Å². The van der Waals surface area contributed by atoms with Gasteiger partial charge in [-0.05, 0) is 31.2 Å². The number of hydrogen-bond acceptors (Lipinski definition) is 2. The van der Waals surface area contributed by atoms with Gasteiger partial charge in [0.05, 0.1) is 5.92 Å². The molecule has 5 nitrogen and oxygen atoms in total. The number of amides is 2. The van der Waals surface area contributed by atoms with Gasteiger partial charge in [0.25, 0.3) is 0 Å². The molecule has 2 rings (SSSR count). The Labute approximate surface area is 125 Å². The van der Waals surface area contributed by atoms with Crippen molar-refractivity contribution in [1.82, 2.24) is 10.2 Å². The first-order valence-electron chi connectivity index (χ1n) is 7.29. The van der Waals surface area contributed by atoms with Crippen LogP contribution in [-0.2, 0) is 4.79 Å². The number of urea groups is 1. The number of rotatable bonds is 6. The first-order valence-corrected chi connectivity index (χ1v) is 7.29. The fraction of sp³-hybridized carbons (Fsp3) is 0.500. The zero-order chi connectivity index (χ0) is 15.4. The van der Waals surface area contributed by atoms with E-state index >= 15 is 0 Å². The molecule has 1 aliphatic carbocycles. The fourth-order valence-corrected chi connectivity index (χ4v) is 2.43. The van der Waals surface area contributed by atoms with Crippen molar-refractivity contribution in [3.05, 3.63) is 35.9 Å². The molecule has 0 heterocycles. The molecule has 0 bridgehead atoms. The summed E-state index contributed by atoms with van der Waals surface area (Å²) >= 11 is 0. The van der Waals surface area contributed by atoms with Gasteiger partial charge in [0.2, 0.25) is 0 Å². The topological polar surface area (TPSA) is 69.6 Å². The van der Waals surface area contributed by atoms with Gasteiger partial charge in [-0.25, -0.2) is 4.79 Å². The lowest BCUT2D eigenvalue weighted by molar-refractivity contribution is -0.138. The Bertz CT molecular complexity index is 500. The predicted molar refractivity (Wildman–Crippen MR) is 80.2 cm³/mol. The van der Waals surface area contributed by atoms with Gasteiger partial charge >= 0.3 is 12.0 Å². The number of carbonyl (C=O) groups is 2. The first-order chi connectivity index (χ1) is 10.0. The third kappa shape index (κ3) is 3.97. The molecule has 0 aromatic heterocycles. The lowest BCUT2D eigenvalue weighted by atomic mass is 9.99. The molecule has 1 saturated carbocycles. The second-order valence-electron chi connectivity index (χ2n) is 5.68. The van der Waals surface area contributed by atoms with Crippen LogP contribution in [0.2, 0.25) is 0 Å². The van der Waals surface area contributed by atoms with Gasteiger partial charge in [0, 0.05) is 19.6 Å². The van der Waals surface area contributed by atoms with Crippen molar-refractivity contribution in [2.45, 2.75) is 31.7 Å². The number of benzene rings is 1. The maximum atomic E-state index is 12.1. The summed E-state index contributed by atoms with van der Waals surface area (Å²) < 4.78 is 0. The van der Waals surface area contributed by atoms with Crippen molar-refractivity contribution >= 4 is 12.0 Å². The van der Waals surface area contributed by atoms with Crippen LogP contribution in [-0.4, -0.2) is 41.6 Å². The van der Waals surface area contributed by atoms with E-state index in [4.69, 9.17) is 0 Å². The number of hydrogen-bond donors (Lipinski definition) is 2. The largest absolute Gasteiger partial charge is 0.481 e. The highest BCUT2D eigenvalue weighted by Gasteiger charge is 2.32. The molecule has 2 unspecified atom stereocenters. The minimum absolute atomic E-state index is 0.0971. The van der Waals surface area contributed by atoms with Crippen molar-refractivity contribution in [1.29, 1.82) is 0 Å². The van der Waals surface area contributed by atoms with Crippen molar-refractivity contribution in [2.75, 3.05) is 13.6 Å². The second kappa shape index (κ2) is 6.61. The number of nitrogens with zero attached hydrogens (tertiary/aromatic N) is 1. The standard InChI is InChI=1S/C16H22N2O3/c1-11(12-8-9-12)18(2)16(21)17-10-14(15(19)20)13-6-4-3-5-7-13/h3-7,11-12,14H,8-10H2,1-2H3,(H,17,21)(H,19,20). The van der Waals surface area contributed by atoms with E-state index in [0.29, 0.717) is 11.5 Å². The van der Waals surface area contributed by atoms with Crippen LogP contribution < -0.4 is 5.32 Å². The molecule has 2 atom stereocenters. The Hall–Kier alpha value is -2.04. The van der Waals surface area contributed by atoms with Crippen molar-refractivity contribution in [3.8, 4) is 0 Å². The Morgan fingerprint density at radius 3 is 2.48 bits per heavy atom. The second-order valence-corrected chi connectivity index (χ2v) is 5.68. The van der Waals surface area contributed by atoms with Crippen LogP contribution in [0.3, 0.4) is 0 Å². The van der Waals surface area contributed by atoms with Crippen LogP contribution in [0.1, 0.15) is 31.2 Å². The van der Waals surface area contributed by atoms with Gasteiger partial charge in [-0.15, -0.1) is 0 Å². The smallest absolute Gasteiger partial charge is 0.317 e. The van der Waals surface area contributed by atoms with Gasteiger partial charge < -0.3 is 15.3 Å². The third-order valence-corrected chi connectivity index (χ3v) is 4.19. The van der Waals surface area contributed by atoms with Gasteiger partial charge in [0.1, 0.15) is 0 Å². The minimum Gasteiger partial charge on any atom is -0.481 e. The summed E-state index contributed by atoms with van der Waals surface area (Å²) in [5, 5.41) is 12.1. The Morgan fingerprint density at radius 1 is 1.33 bits per heavy atom. The average molecular weight is 290 g/mol. The summed E-state index contributed by atoms with van der Waals surface area (Å²) in [6.45, 7) is 2.13. The van der Waals surface area contributed by atoms with Crippen molar-refractivity contribution in [3.63, 3.8) is 0 Å². The third-order valence-electron chi connectivity index (χ3n) is 4.19. The minimum atomic E-state index is -0.931. The highest BCUT2D eigenvalue weighted by molar-refractivity contribution is 5.79. The number of carbonyl (C=O) groups excluding carboxylic acids is 1. The number of nitrogens with one attached hydrogen (secondary N) is 1. The van der Waals surface area contributed by atoms with Gasteiger partial charge in [0.15, 0.2) is 0 Å². The first kappa shape index (κ1) is 15.4. The lowest BCUT2D eigenvalue weighted by Gasteiger charge is -2.26. The summed E-state index contributed by atoms with van der Waals surface area (Å²) in [5.41, 5.74) is 0.697. The van der Waals surface area contributed by atoms with Gasteiger partial charge in [-0.3, -0.25) is 4.79 Å². The van der Waals surface area contributed by atoms with E-state index in [2.05, 4.69) is 5.32 Å². The summed E-state index contributed by atoms with van der Waals surface area (Å²) in [5.74, 6) is -1.07. The molecule has 1 aliphatic rings. The van der Waals surface area contributed by atoms with Crippen LogP contribution >= 0.6 is 0 Å². The molecular formula is C16H22N2O3. The van der Waals surface area contributed by atoms with E-state index in [-0.39, 0.29) is 18.6 Å². The predicted octanol–water partition coefficient (Wildman–Crippen LogP) is 2.29. The van der Waals surface area contributed by atoms with E-state index in [0.717, 1.165) is 0 Å². The monoisotopic (exact) mass is 290 g/mol. The van der Waals surface area contributed by atoms with E-state index in [1.807, 2.05) is 13.0 Å². The highest BCUT2D eigenvalue weighted by Crippen LogP contribution is 2.34. The average Bonchev–Trinajstić information content (AvgIpc) is 3.31. The molecule has 0 aliphatic heterocycles. The molecule has 21 heavy (non-hydrogen) atoms. The zero-order valence-corrected chi connectivity index (χ0v) is 12.5. The van der Waals surface area contributed by atoms with Crippen LogP contribution in [0, 0.1) is 5.92 Å². The molecule has 0 spiro atoms. The van der Waals surface area contributed by atoms with Crippen molar-refractivity contribution < 1.29 is 14.7 Å². The quantitative estimate of drug-likeness (QED) is 0.844. The molecule has 0 saturated heterocycles. The Balaban J connectivity index is 1.92. The van der Waals surface area contributed by atoms with Gasteiger partial charge in [-0.1, -0.05) is 30.3 Å². The Morgan fingerprint density at radius 2 is 1.95 bits per heavy atom. The maximum Gasteiger partial charge on any atom is 0.317 e. The maximum absolute atomic E-state index is 12.1.